The summed E-state index contributed by atoms with van der Waals surface area (Å²) in [5.41, 5.74) is -7.84. The first kappa shape index (κ1) is 32.2. The van der Waals surface area contributed by atoms with Crippen LogP contribution < -0.4 is 0 Å². The van der Waals surface area contributed by atoms with Crippen molar-refractivity contribution < 1.29 is 53.1 Å². The molecule has 1 aliphatic carbocycles. The van der Waals surface area contributed by atoms with Gasteiger partial charge in [0.25, 0.3) is 0 Å². The van der Waals surface area contributed by atoms with Crippen LogP contribution in [-0.4, -0.2) is 67.6 Å². The first-order chi connectivity index (χ1) is 20.4. The molecule has 44 heavy (non-hydrogen) atoms. The number of aryl methyl sites for hydroxylation is 1. The number of alkyl halides is 7. The topological polar surface area (TPSA) is 74.8 Å². The van der Waals surface area contributed by atoms with E-state index in [-0.39, 0.29) is 73.5 Å². The molecule has 0 unspecified atom stereocenters. The maximum Gasteiger partial charge on any atom is 0.435 e. The molecule has 240 valence electrons. The molecule has 3 atom stereocenters. The van der Waals surface area contributed by atoms with Crippen LogP contribution in [0.5, 0.6) is 0 Å². The minimum atomic E-state index is -6.37. The maximum atomic E-state index is 15.1. The second-order valence-corrected chi connectivity index (χ2v) is 13.5. The lowest BCUT2D eigenvalue weighted by Crippen LogP contribution is -2.53. The molecule has 0 bridgehead atoms. The number of benzene rings is 2. The number of amides is 2. The van der Waals surface area contributed by atoms with Crippen LogP contribution in [0.2, 0.25) is 0 Å². The molecule has 5 rings (SSSR count). The lowest BCUT2D eigenvalue weighted by molar-refractivity contribution is -0.348. The molecular weight excluding hydrogens is 624 g/mol. The molecule has 3 aliphatic rings. The minimum absolute atomic E-state index is 0.0116. The standard InChI is InChI=1S/C29H28F8N2O4S/c1-2-38-22(12-13-24(38)40)25(41)39-15-14-26(44(42,43)20-9-7-19(30)8-10-20)21-11-6-18(16-17(21)4-3-5-23(26)39)27(31,28(32,33)34)29(35,36)37/h6-11,16,22-23H,2-5,12-15H2,1H3/t22-,23-,26-/m0/s1. The van der Waals surface area contributed by atoms with E-state index in [0.717, 1.165) is 30.3 Å². The maximum absolute atomic E-state index is 15.1. The Hall–Kier alpha value is -3.23. The second kappa shape index (κ2) is 10.7. The number of carbonyl (C=O) groups is 2. The third-order valence-corrected chi connectivity index (χ3v) is 11.7. The van der Waals surface area contributed by atoms with Crippen LogP contribution in [0.1, 0.15) is 55.7 Å². The average Bonchev–Trinajstić information content (AvgIpc) is 3.47. The monoisotopic (exact) mass is 652 g/mol. The first-order valence-corrected chi connectivity index (χ1v) is 15.5. The van der Waals surface area contributed by atoms with E-state index < -0.39 is 62.0 Å². The third-order valence-electron chi connectivity index (χ3n) is 9.14. The van der Waals surface area contributed by atoms with Crippen molar-refractivity contribution in [3.63, 3.8) is 0 Å². The summed E-state index contributed by atoms with van der Waals surface area (Å²) in [6, 6.07) is 3.26. The minimum Gasteiger partial charge on any atom is -0.336 e. The smallest absolute Gasteiger partial charge is 0.336 e. The molecule has 2 aliphatic heterocycles. The number of carbonyl (C=O) groups excluding carboxylic acids is 2. The molecule has 2 heterocycles. The van der Waals surface area contributed by atoms with Gasteiger partial charge in [0, 0.05) is 25.1 Å². The van der Waals surface area contributed by atoms with Crippen molar-refractivity contribution in [2.24, 2.45) is 0 Å². The van der Waals surface area contributed by atoms with E-state index in [1.165, 1.54) is 9.80 Å². The summed E-state index contributed by atoms with van der Waals surface area (Å²) in [5, 5.41) is 0. The fourth-order valence-electron chi connectivity index (χ4n) is 7.09. The van der Waals surface area contributed by atoms with Gasteiger partial charge in [-0.2, -0.15) is 26.3 Å². The Morgan fingerprint density at radius 2 is 1.59 bits per heavy atom. The summed E-state index contributed by atoms with van der Waals surface area (Å²) in [7, 11) is -4.62. The predicted octanol–water partition coefficient (Wildman–Crippen LogP) is 5.73. The van der Waals surface area contributed by atoms with Gasteiger partial charge in [0.05, 0.1) is 10.9 Å². The highest BCUT2D eigenvalue weighted by atomic mass is 32.2. The van der Waals surface area contributed by atoms with E-state index in [1.807, 2.05) is 0 Å². The molecule has 6 nitrogen and oxygen atoms in total. The van der Waals surface area contributed by atoms with Crippen LogP contribution >= 0.6 is 0 Å². The Balaban J connectivity index is 1.71. The molecule has 2 aromatic carbocycles. The fourth-order valence-corrected chi connectivity index (χ4v) is 9.46. The Bertz CT molecular complexity index is 1560. The van der Waals surface area contributed by atoms with Crippen LogP contribution in [0.4, 0.5) is 35.1 Å². The number of hydrogen-bond donors (Lipinski definition) is 0. The normalized spacial score (nSPS) is 24.7. The highest BCUT2D eigenvalue weighted by Gasteiger charge is 2.73. The van der Waals surface area contributed by atoms with E-state index in [2.05, 4.69) is 0 Å². The zero-order valence-electron chi connectivity index (χ0n) is 23.3. The Labute approximate surface area is 247 Å². The van der Waals surface area contributed by atoms with Crippen molar-refractivity contribution in [3.05, 3.63) is 65.0 Å². The second-order valence-electron chi connectivity index (χ2n) is 11.3. The number of rotatable bonds is 5. The number of likely N-dealkylation sites (tertiary alicyclic amines) is 2. The van der Waals surface area contributed by atoms with Crippen LogP contribution in [0.15, 0.2) is 47.4 Å². The predicted molar refractivity (Wildman–Crippen MR) is 140 cm³/mol. The fraction of sp³-hybridized carbons (Fsp3) is 0.517. The number of likely N-dealkylation sites (N-methyl/N-ethyl adjacent to an activating group) is 1. The Kier molecular flexibility index (Phi) is 7.82. The van der Waals surface area contributed by atoms with Crippen molar-refractivity contribution >= 4 is 21.7 Å². The van der Waals surface area contributed by atoms with E-state index in [9.17, 15) is 48.7 Å². The van der Waals surface area contributed by atoms with Crippen LogP contribution in [0.25, 0.3) is 0 Å². The molecule has 2 aromatic rings. The first-order valence-electron chi connectivity index (χ1n) is 14.0. The zero-order valence-corrected chi connectivity index (χ0v) is 24.1. The number of fused-ring (bicyclic) bond motifs is 3. The highest BCUT2D eigenvalue weighted by Crippen LogP contribution is 2.56. The van der Waals surface area contributed by atoms with E-state index in [1.54, 1.807) is 6.92 Å². The van der Waals surface area contributed by atoms with Crippen molar-refractivity contribution in [2.75, 3.05) is 13.1 Å². The number of nitrogens with zero attached hydrogens (tertiary/aromatic N) is 2. The molecule has 15 heteroatoms. The lowest BCUT2D eigenvalue weighted by Gasteiger charge is -2.39. The van der Waals surface area contributed by atoms with Gasteiger partial charge in [-0.3, -0.25) is 9.59 Å². The van der Waals surface area contributed by atoms with Gasteiger partial charge in [-0.05, 0) is 74.4 Å². The number of sulfone groups is 1. The number of halogens is 8. The Morgan fingerprint density at radius 3 is 2.18 bits per heavy atom. The molecular formula is C29H28F8N2O4S. The molecule has 0 aromatic heterocycles. The van der Waals surface area contributed by atoms with Gasteiger partial charge in [-0.15, -0.1) is 0 Å². The highest BCUT2D eigenvalue weighted by molar-refractivity contribution is 7.92. The molecule has 0 N–H and O–H groups in total. The van der Waals surface area contributed by atoms with Crippen molar-refractivity contribution in [1.82, 2.24) is 9.80 Å². The molecule has 2 fully saturated rings. The number of hydrogen-bond acceptors (Lipinski definition) is 4. The van der Waals surface area contributed by atoms with Crippen LogP contribution in [0, 0.1) is 5.82 Å². The summed E-state index contributed by atoms with van der Waals surface area (Å²) in [4.78, 5) is 28.6. The van der Waals surface area contributed by atoms with Gasteiger partial charge < -0.3 is 9.80 Å². The van der Waals surface area contributed by atoms with Gasteiger partial charge in [0.1, 0.15) is 16.6 Å². The zero-order chi connectivity index (χ0) is 32.5. The summed E-state index contributed by atoms with van der Waals surface area (Å²) in [6.45, 7) is 1.76. The summed E-state index contributed by atoms with van der Waals surface area (Å²) in [5.74, 6) is -1.52. The summed E-state index contributed by atoms with van der Waals surface area (Å²) < 4.78 is 138. The van der Waals surface area contributed by atoms with Crippen molar-refractivity contribution in [1.29, 1.82) is 0 Å². The van der Waals surface area contributed by atoms with Gasteiger partial charge in [0.15, 0.2) is 9.84 Å². The van der Waals surface area contributed by atoms with E-state index in [4.69, 9.17) is 0 Å². The van der Waals surface area contributed by atoms with Gasteiger partial charge in [-0.1, -0.05) is 18.2 Å². The van der Waals surface area contributed by atoms with E-state index >= 15 is 4.39 Å². The summed E-state index contributed by atoms with van der Waals surface area (Å²) >= 11 is 0. The van der Waals surface area contributed by atoms with Gasteiger partial charge >= 0.3 is 18.0 Å². The van der Waals surface area contributed by atoms with E-state index in [0.29, 0.717) is 12.1 Å². The quantitative estimate of drug-likeness (QED) is 0.306. The van der Waals surface area contributed by atoms with Gasteiger partial charge in [-0.25, -0.2) is 17.2 Å². The molecule has 0 spiro atoms. The van der Waals surface area contributed by atoms with Crippen molar-refractivity contribution in [3.8, 4) is 0 Å². The van der Waals surface area contributed by atoms with Crippen LogP contribution in [-0.2, 0) is 36.3 Å². The van der Waals surface area contributed by atoms with Crippen molar-refractivity contribution in [2.45, 2.75) is 85.2 Å². The largest absolute Gasteiger partial charge is 0.435 e. The Morgan fingerprint density at radius 1 is 0.955 bits per heavy atom. The third kappa shape index (κ3) is 4.59. The SMILES string of the molecule is CCN1C(=O)CC[C@H]1C(=O)N1CC[C@]2(S(=O)(=O)c3ccc(F)cc3)c3ccc(C(F)(C(F)(F)F)C(F)(F)F)cc3CCC[C@H]12. The molecule has 2 saturated heterocycles. The molecule has 0 radical (unpaired) electrons. The molecule has 2 amide bonds. The molecule has 0 saturated carbocycles. The lowest BCUT2D eigenvalue weighted by atomic mass is 9.84. The summed E-state index contributed by atoms with van der Waals surface area (Å²) in [6.07, 6.45) is -12.9. The van der Waals surface area contributed by atoms with Crippen LogP contribution in [0.3, 0.4) is 0 Å². The van der Waals surface area contributed by atoms with Gasteiger partial charge in [0.2, 0.25) is 11.8 Å². The average molecular weight is 653 g/mol.